The SMILES string of the molecule is CC(C)C(=O)N(CCN1CCOCC1)CC(=O)N1CCCN(c2ccc(-c3ccccc3Cl)nn2)CC1. The maximum Gasteiger partial charge on any atom is 0.242 e. The summed E-state index contributed by atoms with van der Waals surface area (Å²) in [6.45, 7) is 11.1. The molecule has 1 aromatic carbocycles. The molecule has 10 heteroatoms. The van der Waals surface area contributed by atoms with Crippen LogP contribution < -0.4 is 4.90 Å². The van der Waals surface area contributed by atoms with E-state index in [1.165, 1.54) is 0 Å². The number of nitrogens with zero attached hydrogens (tertiary/aromatic N) is 6. The van der Waals surface area contributed by atoms with Gasteiger partial charge >= 0.3 is 0 Å². The fourth-order valence-corrected chi connectivity index (χ4v) is 4.92. The number of benzene rings is 1. The van der Waals surface area contributed by atoms with Crippen molar-refractivity contribution in [3.63, 3.8) is 0 Å². The number of hydrogen-bond acceptors (Lipinski definition) is 7. The van der Waals surface area contributed by atoms with Gasteiger partial charge in [0.25, 0.3) is 0 Å². The van der Waals surface area contributed by atoms with Crippen molar-refractivity contribution >= 4 is 29.2 Å². The zero-order chi connectivity index (χ0) is 26.2. The average Bonchev–Trinajstić information content (AvgIpc) is 3.18. The first-order valence-electron chi connectivity index (χ1n) is 13.1. The second-order valence-electron chi connectivity index (χ2n) is 9.85. The Labute approximate surface area is 224 Å². The molecule has 0 unspecified atom stereocenters. The number of carbonyl (C=O) groups excluding carboxylic acids is 2. The van der Waals surface area contributed by atoms with Gasteiger partial charge in [0.1, 0.15) is 0 Å². The highest BCUT2D eigenvalue weighted by Gasteiger charge is 2.26. The summed E-state index contributed by atoms with van der Waals surface area (Å²) < 4.78 is 5.42. The Balaban J connectivity index is 1.33. The zero-order valence-corrected chi connectivity index (χ0v) is 22.6. The summed E-state index contributed by atoms with van der Waals surface area (Å²) in [5, 5.41) is 9.47. The standard InChI is InChI=1S/C27H37ClN6O3/c1-21(2)27(36)34(13-12-31-16-18-37-19-17-31)20-26(35)33-11-5-10-32(14-15-33)25-9-8-24(29-30-25)22-6-3-4-7-23(22)28/h3-4,6-9,21H,5,10-20H2,1-2H3. The van der Waals surface area contributed by atoms with Crippen LogP contribution in [0.2, 0.25) is 5.02 Å². The summed E-state index contributed by atoms with van der Waals surface area (Å²) in [6, 6.07) is 11.5. The van der Waals surface area contributed by atoms with Crippen LogP contribution in [-0.2, 0) is 14.3 Å². The molecule has 200 valence electrons. The summed E-state index contributed by atoms with van der Waals surface area (Å²) in [4.78, 5) is 34.2. The van der Waals surface area contributed by atoms with Gasteiger partial charge in [0.15, 0.2) is 5.82 Å². The molecule has 0 bridgehead atoms. The molecule has 2 fully saturated rings. The van der Waals surface area contributed by atoms with Crippen molar-refractivity contribution in [2.75, 3.05) is 77.0 Å². The van der Waals surface area contributed by atoms with E-state index in [-0.39, 0.29) is 24.3 Å². The van der Waals surface area contributed by atoms with Gasteiger partial charge in [-0.05, 0) is 24.6 Å². The third kappa shape index (κ3) is 7.40. The number of carbonyl (C=O) groups is 2. The molecule has 2 aromatic rings. The molecule has 0 atom stereocenters. The van der Waals surface area contributed by atoms with Crippen molar-refractivity contribution in [2.45, 2.75) is 20.3 Å². The van der Waals surface area contributed by atoms with Crippen molar-refractivity contribution in [1.29, 1.82) is 0 Å². The normalized spacial score (nSPS) is 17.1. The van der Waals surface area contributed by atoms with Crippen molar-refractivity contribution in [2.24, 2.45) is 5.92 Å². The van der Waals surface area contributed by atoms with Crippen molar-refractivity contribution in [3.05, 3.63) is 41.4 Å². The molecule has 0 saturated carbocycles. The van der Waals surface area contributed by atoms with Gasteiger partial charge in [0, 0.05) is 63.8 Å². The molecule has 2 aliphatic rings. The topological polar surface area (TPSA) is 82.1 Å². The Hall–Kier alpha value is -2.75. The summed E-state index contributed by atoms with van der Waals surface area (Å²) in [5.41, 5.74) is 1.58. The van der Waals surface area contributed by atoms with Crippen LogP contribution in [0, 0.1) is 5.92 Å². The van der Waals surface area contributed by atoms with E-state index in [0.717, 1.165) is 49.7 Å². The molecular formula is C27H37ClN6O3. The number of amides is 2. The van der Waals surface area contributed by atoms with Gasteiger partial charge < -0.3 is 19.4 Å². The molecule has 2 aliphatic heterocycles. The minimum atomic E-state index is -0.149. The number of aromatic nitrogens is 2. The first-order valence-corrected chi connectivity index (χ1v) is 13.5. The van der Waals surface area contributed by atoms with Gasteiger partial charge in [-0.15, -0.1) is 10.2 Å². The minimum absolute atomic E-state index is 0.00187. The fraction of sp³-hybridized carbons (Fsp3) is 0.556. The van der Waals surface area contributed by atoms with Gasteiger partial charge in [-0.3, -0.25) is 14.5 Å². The summed E-state index contributed by atoms with van der Waals surface area (Å²) in [7, 11) is 0. The molecule has 9 nitrogen and oxygen atoms in total. The lowest BCUT2D eigenvalue weighted by Gasteiger charge is -2.32. The zero-order valence-electron chi connectivity index (χ0n) is 21.8. The van der Waals surface area contributed by atoms with E-state index in [2.05, 4.69) is 20.0 Å². The lowest BCUT2D eigenvalue weighted by atomic mass is 10.1. The number of halogens is 1. The number of rotatable bonds is 8. The van der Waals surface area contributed by atoms with E-state index in [9.17, 15) is 9.59 Å². The Morgan fingerprint density at radius 3 is 2.49 bits per heavy atom. The second kappa shape index (κ2) is 13.2. The first-order chi connectivity index (χ1) is 17.9. The number of morpholine rings is 1. The van der Waals surface area contributed by atoms with E-state index in [0.29, 0.717) is 44.4 Å². The van der Waals surface area contributed by atoms with Crippen LogP contribution in [-0.4, -0.2) is 109 Å². The van der Waals surface area contributed by atoms with Crippen LogP contribution in [0.1, 0.15) is 20.3 Å². The summed E-state index contributed by atoms with van der Waals surface area (Å²) in [5.74, 6) is 0.654. The average molecular weight is 529 g/mol. The highest BCUT2D eigenvalue weighted by molar-refractivity contribution is 6.33. The molecule has 2 saturated heterocycles. The fourth-order valence-electron chi connectivity index (χ4n) is 4.68. The van der Waals surface area contributed by atoms with Gasteiger partial charge in [0.05, 0.1) is 30.5 Å². The Kier molecular flexibility index (Phi) is 9.71. The first kappa shape index (κ1) is 27.3. The van der Waals surface area contributed by atoms with Gasteiger partial charge in [-0.1, -0.05) is 43.6 Å². The smallest absolute Gasteiger partial charge is 0.242 e. The molecular weight excluding hydrogens is 492 g/mol. The third-order valence-corrected chi connectivity index (χ3v) is 7.22. The van der Waals surface area contributed by atoms with E-state index < -0.39 is 0 Å². The van der Waals surface area contributed by atoms with Crippen LogP contribution in [0.3, 0.4) is 0 Å². The quantitative estimate of drug-likeness (QED) is 0.521. The van der Waals surface area contributed by atoms with Crippen LogP contribution in [0.4, 0.5) is 5.82 Å². The van der Waals surface area contributed by atoms with Crippen LogP contribution in [0.15, 0.2) is 36.4 Å². The van der Waals surface area contributed by atoms with Gasteiger partial charge in [0.2, 0.25) is 11.8 Å². The van der Waals surface area contributed by atoms with Crippen molar-refractivity contribution < 1.29 is 14.3 Å². The Morgan fingerprint density at radius 1 is 1.00 bits per heavy atom. The maximum atomic E-state index is 13.3. The van der Waals surface area contributed by atoms with Gasteiger partial charge in [-0.2, -0.15) is 0 Å². The van der Waals surface area contributed by atoms with Gasteiger partial charge in [-0.25, -0.2) is 0 Å². The molecule has 0 spiro atoms. The highest BCUT2D eigenvalue weighted by atomic mass is 35.5. The minimum Gasteiger partial charge on any atom is -0.379 e. The Morgan fingerprint density at radius 2 is 1.78 bits per heavy atom. The molecule has 0 aliphatic carbocycles. The lowest BCUT2D eigenvalue weighted by molar-refractivity contribution is -0.142. The summed E-state index contributed by atoms with van der Waals surface area (Å²) in [6.07, 6.45) is 0.825. The monoisotopic (exact) mass is 528 g/mol. The molecule has 37 heavy (non-hydrogen) atoms. The van der Waals surface area contributed by atoms with Crippen molar-refractivity contribution in [1.82, 2.24) is 24.9 Å². The van der Waals surface area contributed by atoms with E-state index >= 15 is 0 Å². The third-order valence-electron chi connectivity index (χ3n) is 6.89. The molecule has 2 amide bonds. The molecule has 0 radical (unpaired) electrons. The summed E-state index contributed by atoms with van der Waals surface area (Å²) >= 11 is 6.30. The van der Waals surface area contributed by atoms with Crippen LogP contribution in [0.25, 0.3) is 11.3 Å². The molecule has 1 aromatic heterocycles. The number of hydrogen-bond donors (Lipinski definition) is 0. The maximum absolute atomic E-state index is 13.3. The van der Waals surface area contributed by atoms with Crippen molar-refractivity contribution in [3.8, 4) is 11.3 Å². The lowest BCUT2D eigenvalue weighted by Crippen LogP contribution is -2.48. The number of ether oxygens (including phenoxy) is 1. The molecule has 0 N–H and O–H groups in total. The molecule has 4 rings (SSSR count). The predicted molar refractivity (Wildman–Crippen MR) is 145 cm³/mol. The predicted octanol–water partition coefficient (Wildman–Crippen LogP) is 2.65. The van der Waals surface area contributed by atoms with E-state index in [1.807, 2.05) is 55.1 Å². The van der Waals surface area contributed by atoms with Crippen LogP contribution in [0.5, 0.6) is 0 Å². The number of anilines is 1. The van der Waals surface area contributed by atoms with E-state index in [1.54, 1.807) is 4.90 Å². The largest absolute Gasteiger partial charge is 0.379 e. The van der Waals surface area contributed by atoms with Crippen LogP contribution >= 0.6 is 11.6 Å². The Bertz CT molecular complexity index is 1040. The molecule has 3 heterocycles. The highest BCUT2D eigenvalue weighted by Crippen LogP contribution is 2.26. The van der Waals surface area contributed by atoms with E-state index in [4.69, 9.17) is 16.3 Å². The second-order valence-corrected chi connectivity index (χ2v) is 10.3.